The van der Waals surface area contributed by atoms with E-state index >= 15 is 0 Å². The summed E-state index contributed by atoms with van der Waals surface area (Å²) >= 11 is 0. The molecule has 0 spiro atoms. The van der Waals surface area contributed by atoms with Gasteiger partial charge in [-0.05, 0) is 26.3 Å². The van der Waals surface area contributed by atoms with Gasteiger partial charge in [0.05, 0.1) is 12.2 Å². The van der Waals surface area contributed by atoms with E-state index < -0.39 is 23.6 Å². The number of aryl methyl sites for hydroxylation is 2. The number of hydrogen-bond donors (Lipinski definition) is 1. The molecule has 1 N–H and O–H groups in total. The zero-order chi connectivity index (χ0) is 22.3. The fourth-order valence-electron chi connectivity index (χ4n) is 3.61. The van der Waals surface area contributed by atoms with Crippen molar-refractivity contribution in [1.29, 1.82) is 0 Å². The molecule has 3 heterocycles. The predicted octanol–water partition coefficient (Wildman–Crippen LogP) is 1.58. The number of benzene rings is 1. The molecule has 11 heteroatoms. The van der Waals surface area contributed by atoms with Gasteiger partial charge in [0.15, 0.2) is 0 Å². The SMILES string of the molecule is Cc1nn2c(c1C)N(C)C(=O)[C@@H](NC(=O)c1ncn(Cc3ccc(F)cc3F)n1)CC2. The van der Waals surface area contributed by atoms with E-state index in [4.69, 9.17) is 0 Å². The van der Waals surface area contributed by atoms with Gasteiger partial charge in [-0.25, -0.2) is 23.1 Å². The van der Waals surface area contributed by atoms with Crippen LogP contribution in [0.4, 0.5) is 14.6 Å². The molecule has 2 aromatic heterocycles. The zero-order valence-electron chi connectivity index (χ0n) is 17.3. The molecule has 31 heavy (non-hydrogen) atoms. The molecule has 0 saturated heterocycles. The highest BCUT2D eigenvalue weighted by Crippen LogP contribution is 2.26. The van der Waals surface area contributed by atoms with Gasteiger partial charge in [0.1, 0.15) is 29.8 Å². The number of nitrogens with one attached hydrogen (secondary N) is 1. The van der Waals surface area contributed by atoms with Crippen LogP contribution in [0.5, 0.6) is 0 Å². The Morgan fingerprint density at radius 1 is 1.26 bits per heavy atom. The van der Waals surface area contributed by atoms with Crippen molar-refractivity contribution in [2.24, 2.45) is 0 Å². The van der Waals surface area contributed by atoms with Crippen LogP contribution in [0.2, 0.25) is 0 Å². The van der Waals surface area contributed by atoms with E-state index in [1.807, 2.05) is 13.8 Å². The quantitative estimate of drug-likeness (QED) is 0.679. The fraction of sp³-hybridized carbons (Fsp3) is 0.350. The zero-order valence-corrected chi connectivity index (χ0v) is 17.3. The Labute approximate surface area is 176 Å². The predicted molar refractivity (Wildman–Crippen MR) is 106 cm³/mol. The van der Waals surface area contributed by atoms with Crippen LogP contribution in [0.25, 0.3) is 0 Å². The highest BCUT2D eigenvalue weighted by Gasteiger charge is 2.32. The number of carbonyl (C=O) groups is 2. The number of likely N-dealkylation sites (N-methyl/N-ethyl adjacent to an activating group) is 1. The lowest BCUT2D eigenvalue weighted by molar-refractivity contribution is -0.120. The molecule has 1 aliphatic heterocycles. The van der Waals surface area contributed by atoms with Gasteiger partial charge in [-0.2, -0.15) is 5.10 Å². The molecule has 2 amide bonds. The van der Waals surface area contributed by atoms with Crippen molar-refractivity contribution in [2.45, 2.75) is 39.4 Å². The first-order valence-electron chi connectivity index (χ1n) is 9.70. The maximum atomic E-state index is 13.8. The third kappa shape index (κ3) is 3.90. The largest absolute Gasteiger partial charge is 0.337 e. The van der Waals surface area contributed by atoms with E-state index in [1.165, 1.54) is 22.0 Å². The fourth-order valence-corrected chi connectivity index (χ4v) is 3.61. The Morgan fingerprint density at radius 2 is 2.03 bits per heavy atom. The van der Waals surface area contributed by atoms with Gasteiger partial charge < -0.3 is 5.32 Å². The lowest BCUT2D eigenvalue weighted by atomic mass is 10.2. The van der Waals surface area contributed by atoms with Crippen LogP contribution in [-0.4, -0.2) is 49.4 Å². The van der Waals surface area contributed by atoms with E-state index in [1.54, 1.807) is 11.7 Å². The Balaban J connectivity index is 1.46. The molecule has 0 radical (unpaired) electrons. The third-order valence-corrected chi connectivity index (χ3v) is 5.36. The van der Waals surface area contributed by atoms with Gasteiger partial charge in [-0.3, -0.25) is 14.5 Å². The van der Waals surface area contributed by atoms with E-state index in [2.05, 4.69) is 20.5 Å². The van der Waals surface area contributed by atoms with Gasteiger partial charge in [0.2, 0.25) is 5.82 Å². The van der Waals surface area contributed by atoms with Crippen LogP contribution in [-0.2, 0) is 17.9 Å². The maximum absolute atomic E-state index is 13.8. The lowest BCUT2D eigenvalue weighted by Crippen LogP contribution is -2.47. The molecule has 1 aliphatic rings. The third-order valence-electron chi connectivity index (χ3n) is 5.36. The van der Waals surface area contributed by atoms with Crippen LogP contribution in [0, 0.1) is 25.5 Å². The highest BCUT2D eigenvalue weighted by molar-refractivity contribution is 6.01. The Kier molecular flexibility index (Phi) is 5.25. The molecule has 1 atom stereocenters. The molecular formula is C20H21F2N7O2. The molecule has 9 nitrogen and oxygen atoms in total. The topological polar surface area (TPSA) is 97.9 Å². The monoisotopic (exact) mass is 429 g/mol. The van der Waals surface area contributed by atoms with Crippen molar-refractivity contribution in [3.8, 4) is 0 Å². The first-order valence-corrected chi connectivity index (χ1v) is 9.70. The van der Waals surface area contributed by atoms with Crippen molar-refractivity contribution in [2.75, 3.05) is 11.9 Å². The minimum Gasteiger partial charge on any atom is -0.337 e. The van der Waals surface area contributed by atoms with Gasteiger partial charge >= 0.3 is 0 Å². The Hall–Kier alpha value is -3.63. The molecular weight excluding hydrogens is 408 g/mol. The summed E-state index contributed by atoms with van der Waals surface area (Å²) in [5, 5.41) is 11.2. The van der Waals surface area contributed by atoms with Crippen LogP contribution >= 0.6 is 0 Å². The van der Waals surface area contributed by atoms with Crippen molar-refractivity contribution in [3.63, 3.8) is 0 Å². The Morgan fingerprint density at radius 3 is 2.77 bits per heavy atom. The van der Waals surface area contributed by atoms with Crippen LogP contribution in [0.3, 0.4) is 0 Å². The minimum atomic E-state index is -0.764. The van der Waals surface area contributed by atoms with Crippen molar-refractivity contribution < 1.29 is 18.4 Å². The van der Waals surface area contributed by atoms with Gasteiger partial charge in [0, 0.05) is 30.8 Å². The first-order chi connectivity index (χ1) is 14.7. The summed E-state index contributed by atoms with van der Waals surface area (Å²) in [7, 11) is 1.65. The van der Waals surface area contributed by atoms with Crippen molar-refractivity contribution in [3.05, 3.63) is 58.8 Å². The summed E-state index contributed by atoms with van der Waals surface area (Å²) in [5.74, 6) is -1.70. The van der Waals surface area contributed by atoms with E-state index in [9.17, 15) is 18.4 Å². The summed E-state index contributed by atoms with van der Waals surface area (Å²) < 4.78 is 29.9. The molecule has 0 bridgehead atoms. The average Bonchev–Trinajstić information content (AvgIpc) is 3.28. The van der Waals surface area contributed by atoms with Gasteiger partial charge in [-0.15, -0.1) is 5.10 Å². The normalized spacial score (nSPS) is 16.2. The number of carbonyl (C=O) groups excluding carboxylic acids is 2. The van der Waals surface area contributed by atoms with Gasteiger partial charge in [-0.1, -0.05) is 6.07 Å². The minimum absolute atomic E-state index is 0.0166. The summed E-state index contributed by atoms with van der Waals surface area (Å²) in [6, 6.07) is 2.47. The van der Waals surface area contributed by atoms with E-state index in [0.717, 1.165) is 23.4 Å². The smallest absolute Gasteiger partial charge is 0.291 e. The summed E-state index contributed by atoms with van der Waals surface area (Å²) in [4.78, 5) is 31.0. The molecule has 162 valence electrons. The second-order valence-electron chi connectivity index (χ2n) is 7.47. The number of nitrogens with zero attached hydrogens (tertiary/aromatic N) is 6. The molecule has 4 rings (SSSR count). The van der Waals surface area contributed by atoms with E-state index in [0.29, 0.717) is 18.8 Å². The standard InChI is InChI=1S/C20H21F2N7O2/c1-11-12(2)25-29-7-6-16(20(31)27(3)19(11)29)24-18(30)17-23-10-28(26-17)9-13-4-5-14(21)8-15(13)22/h4-5,8,10,16H,6-7,9H2,1-3H3,(H,24,30)/t16-/m0/s1. The number of anilines is 1. The summed E-state index contributed by atoms with van der Waals surface area (Å²) in [5.41, 5.74) is 1.97. The summed E-state index contributed by atoms with van der Waals surface area (Å²) in [6.07, 6.45) is 1.64. The number of hydrogen-bond acceptors (Lipinski definition) is 5. The molecule has 0 aliphatic carbocycles. The molecule has 0 fully saturated rings. The molecule has 3 aromatic rings. The summed E-state index contributed by atoms with van der Waals surface area (Å²) in [6.45, 7) is 4.24. The van der Waals surface area contributed by atoms with Gasteiger partial charge in [0.25, 0.3) is 11.8 Å². The number of aromatic nitrogens is 5. The lowest BCUT2D eigenvalue weighted by Gasteiger charge is -2.20. The average molecular weight is 429 g/mol. The maximum Gasteiger partial charge on any atom is 0.291 e. The van der Waals surface area contributed by atoms with Crippen molar-refractivity contribution >= 4 is 17.6 Å². The second kappa shape index (κ2) is 7.89. The van der Waals surface area contributed by atoms with Crippen LogP contribution in [0.15, 0.2) is 24.5 Å². The van der Waals surface area contributed by atoms with Crippen LogP contribution < -0.4 is 10.2 Å². The number of rotatable bonds is 4. The molecule has 0 unspecified atom stereocenters. The Bertz CT molecular complexity index is 1170. The van der Waals surface area contributed by atoms with Crippen LogP contribution in [0.1, 0.15) is 33.9 Å². The highest BCUT2D eigenvalue weighted by atomic mass is 19.1. The number of amides is 2. The molecule has 1 aromatic carbocycles. The van der Waals surface area contributed by atoms with E-state index in [-0.39, 0.29) is 23.8 Å². The number of halogens is 2. The molecule has 0 saturated carbocycles. The first kappa shape index (κ1) is 20.6. The number of fused-ring (bicyclic) bond motifs is 1. The van der Waals surface area contributed by atoms with Crippen molar-refractivity contribution in [1.82, 2.24) is 29.9 Å². The second-order valence-corrected chi connectivity index (χ2v) is 7.47.